The summed E-state index contributed by atoms with van der Waals surface area (Å²) in [5.41, 5.74) is 18.7. The maximum absolute atomic E-state index is 5.22. The SMILES string of the molecule is C1#CC(c2ccccc2)C2C3CCC(c4ccc(-c5nc6ccccc6n5-c5ccccc5)cc4)C4CCCC(C43)C2C1c1cccc(-c2ccc(-c3ccc(-c4nc(-c5ccc(-c6ccccc6)cc5)nc(-c5cccc6ccccc56)n4)cc3)cc2)c1. The number of nitrogens with zero attached hydrogens (tertiary/aromatic N) is 5. The molecule has 0 amide bonds. The van der Waals surface area contributed by atoms with Crippen molar-refractivity contribution in [2.24, 2.45) is 35.5 Å². The Hall–Kier alpha value is -10.3. The number of fused-ring (bicyclic) bond motifs is 5. The average Bonchev–Trinajstić information content (AvgIpc) is 1.75. The van der Waals surface area contributed by atoms with Gasteiger partial charge < -0.3 is 0 Å². The molecule has 17 rings (SSSR count). The summed E-state index contributed by atoms with van der Waals surface area (Å²) in [4.78, 5) is 20.7. The topological polar surface area (TPSA) is 56.5 Å². The fraction of sp³-hybridized carbons (Fsp3) is 0.167. The summed E-state index contributed by atoms with van der Waals surface area (Å²) in [6.07, 6.45) is 6.40. The third-order valence-corrected chi connectivity index (χ3v) is 20.7. The average molecular weight is 1140 g/mol. The lowest BCUT2D eigenvalue weighted by Gasteiger charge is -2.47. The van der Waals surface area contributed by atoms with E-state index in [2.05, 4.69) is 289 Å². The van der Waals surface area contributed by atoms with Gasteiger partial charge in [0, 0.05) is 39.8 Å². The second-order valence-electron chi connectivity index (χ2n) is 25.3. The molecule has 5 nitrogen and oxygen atoms in total. The molecule has 0 spiro atoms. The summed E-state index contributed by atoms with van der Waals surface area (Å²) < 4.78 is 2.32. The first-order valence-corrected chi connectivity index (χ1v) is 32.0. The van der Waals surface area contributed by atoms with E-state index in [0.29, 0.717) is 58.9 Å². The van der Waals surface area contributed by atoms with Gasteiger partial charge in [0.2, 0.25) is 0 Å². The summed E-state index contributed by atoms with van der Waals surface area (Å²) in [5, 5.41) is 2.26. The van der Waals surface area contributed by atoms with E-state index in [0.717, 1.165) is 72.3 Å². The van der Waals surface area contributed by atoms with Crippen LogP contribution in [0.3, 0.4) is 0 Å². The molecule has 426 valence electrons. The molecule has 0 saturated heterocycles. The number of aromatic nitrogens is 5. The van der Waals surface area contributed by atoms with Crippen LogP contribution in [0.5, 0.6) is 0 Å². The highest BCUT2D eigenvalue weighted by Crippen LogP contribution is 2.68. The molecule has 2 heterocycles. The first-order valence-electron chi connectivity index (χ1n) is 32.0. The summed E-state index contributed by atoms with van der Waals surface area (Å²) in [6.45, 7) is 0. The maximum atomic E-state index is 5.22. The van der Waals surface area contributed by atoms with Crippen molar-refractivity contribution in [2.45, 2.75) is 49.9 Å². The van der Waals surface area contributed by atoms with Crippen LogP contribution in [0.4, 0.5) is 0 Å². The molecule has 89 heavy (non-hydrogen) atoms. The number of benzene rings is 11. The number of rotatable bonds is 11. The van der Waals surface area contributed by atoms with E-state index >= 15 is 0 Å². The van der Waals surface area contributed by atoms with Crippen molar-refractivity contribution in [1.82, 2.24) is 24.5 Å². The van der Waals surface area contributed by atoms with Gasteiger partial charge in [-0.1, -0.05) is 267 Å². The van der Waals surface area contributed by atoms with Gasteiger partial charge >= 0.3 is 0 Å². The van der Waals surface area contributed by atoms with Crippen molar-refractivity contribution >= 4 is 21.8 Å². The van der Waals surface area contributed by atoms with Crippen molar-refractivity contribution < 1.29 is 0 Å². The number of hydrogen-bond donors (Lipinski definition) is 0. The fourth-order valence-electron chi connectivity index (χ4n) is 16.8. The van der Waals surface area contributed by atoms with Crippen LogP contribution in [-0.4, -0.2) is 24.5 Å². The Bertz CT molecular complexity index is 4790. The molecule has 5 heteroatoms. The van der Waals surface area contributed by atoms with Crippen LogP contribution >= 0.6 is 0 Å². The second kappa shape index (κ2) is 22.5. The van der Waals surface area contributed by atoms with Crippen molar-refractivity contribution in [3.63, 3.8) is 0 Å². The molecule has 0 bridgehead atoms. The molecule has 0 N–H and O–H groups in total. The zero-order valence-corrected chi connectivity index (χ0v) is 49.5. The highest BCUT2D eigenvalue weighted by atomic mass is 15.1. The van der Waals surface area contributed by atoms with Crippen LogP contribution in [0.15, 0.2) is 279 Å². The van der Waals surface area contributed by atoms with E-state index in [1.807, 2.05) is 6.07 Å². The standard InChI is InChI=1S/C84H65N5/c1-4-17-54(18-5-1)55-37-43-62(44-38-55)81-86-82(88-83(87-81)73-29-15-22-59-21-10-11-27-68(59)73)63-45-39-57(40-46-63)56-33-35-58(36-34-56)65-23-14-24-66(53-65)71-51-50-70(60-19-6-2-7-20-60)79-75-52-49-69(72-28-16-30-74(78(72)75)80(71)79)61-41-47-64(48-42-61)84-85-76-31-12-13-32-77(76)89(84)67-25-8-3-9-26-67/h1-15,17-27,29,31-48,53,69-72,74-75,78-80H,16,28,30,49,52H2. The van der Waals surface area contributed by atoms with Crippen LogP contribution in [0.25, 0.3) is 106 Å². The van der Waals surface area contributed by atoms with Gasteiger partial charge in [0.15, 0.2) is 17.5 Å². The molecule has 2 aromatic heterocycles. The predicted molar refractivity (Wildman–Crippen MR) is 363 cm³/mol. The van der Waals surface area contributed by atoms with Gasteiger partial charge in [0.1, 0.15) is 5.82 Å². The molecule has 3 saturated carbocycles. The van der Waals surface area contributed by atoms with Gasteiger partial charge in [-0.2, -0.15) is 0 Å². The zero-order chi connectivity index (χ0) is 58.8. The third kappa shape index (κ3) is 9.58. The van der Waals surface area contributed by atoms with Crippen molar-refractivity contribution in [1.29, 1.82) is 0 Å². The first kappa shape index (κ1) is 53.0. The lowest BCUT2D eigenvalue weighted by molar-refractivity contribution is 0.0615. The largest absolute Gasteiger partial charge is 0.292 e. The first-order chi connectivity index (χ1) is 44.1. The smallest absolute Gasteiger partial charge is 0.164 e. The van der Waals surface area contributed by atoms with E-state index in [9.17, 15) is 0 Å². The molecule has 0 aliphatic heterocycles. The lowest BCUT2D eigenvalue weighted by atomic mass is 9.58. The van der Waals surface area contributed by atoms with Crippen molar-refractivity contribution in [3.05, 3.63) is 296 Å². The van der Waals surface area contributed by atoms with Gasteiger partial charge in [-0.3, -0.25) is 4.57 Å². The van der Waals surface area contributed by atoms with Crippen molar-refractivity contribution in [2.75, 3.05) is 0 Å². The molecule has 9 unspecified atom stereocenters. The molecule has 11 aromatic carbocycles. The Balaban J connectivity index is 0.649. The Morgan fingerprint density at radius 1 is 0.326 bits per heavy atom. The van der Waals surface area contributed by atoms with Crippen LogP contribution < -0.4 is 0 Å². The second-order valence-corrected chi connectivity index (χ2v) is 25.3. The number of hydrogen-bond acceptors (Lipinski definition) is 4. The van der Waals surface area contributed by atoms with Crippen LogP contribution in [0.2, 0.25) is 0 Å². The highest BCUT2D eigenvalue weighted by molar-refractivity contribution is 5.95. The quantitative estimate of drug-likeness (QED) is 0.121. The summed E-state index contributed by atoms with van der Waals surface area (Å²) in [5.74, 6) is 15.7. The highest BCUT2D eigenvalue weighted by Gasteiger charge is 2.61. The van der Waals surface area contributed by atoms with Crippen LogP contribution in [0.1, 0.15) is 66.5 Å². The predicted octanol–water partition coefficient (Wildman–Crippen LogP) is 20.4. The van der Waals surface area contributed by atoms with Crippen LogP contribution in [0, 0.1) is 47.3 Å². The van der Waals surface area contributed by atoms with E-state index in [4.69, 9.17) is 19.9 Å². The zero-order valence-electron chi connectivity index (χ0n) is 49.5. The summed E-state index contributed by atoms with van der Waals surface area (Å²) in [6, 6.07) is 101. The monoisotopic (exact) mass is 1140 g/mol. The molecule has 3 fully saturated rings. The molecule has 0 radical (unpaired) electrons. The van der Waals surface area contributed by atoms with Crippen LogP contribution in [-0.2, 0) is 0 Å². The van der Waals surface area contributed by atoms with Gasteiger partial charge in [0.05, 0.1) is 11.0 Å². The molecular weight excluding hydrogens is 1080 g/mol. The Morgan fingerprint density at radius 3 is 1.52 bits per heavy atom. The molecule has 4 aliphatic carbocycles. The normalized spacial score (nSPS) is 21.6. The van der Waals surface area contributed by atoms with Gasteiger partial charge in [-0.15, -0.1) is 0 Å². The minimum Gasteiger partial charge on any atom is -0.292 e. The lowest BCUT2D eigenvalue weighted by Crippen LogP contribution is -2.38. The third-order valence-electron chi connectivity index (χ3n) is 20.7. The Kier molecular flexibility index (Phi) is 13.4. The van der Waals surface area contributed by atoms with E-state index < -0.39 is 0 Å². The van der Waals surface area contributed by atoms with Crippen molar-refractivity contribution in [3.8, 4) is 96.5 Å². The number of imidazole rings is 1. The fourth-order valence-corrected chi connectivity index (χ4v) is 16.8. The Morgan fingerprint density at radius 2 is 0.820 bits per heavy atom. The number of para-hydroxylation sites is 3. The summed E-state index contributed by atoms with van der Waals surface area (Å²) >= 11 is 0. The minimum atomic E-state index is 0.192. The maximum Gasteiger partial charge on any atom is 0.164 e. The van der Waals surface area contributed by atoms with Gasteiger partial charge in [-0.25, -0.2) is 19.9 Å². The van der Waals surface area contributed by atoms with Gasteiger partial charge in [0.25, 0.3) is 0 Å². The van der Waals surface area contributed by atoms with Gasteiger partial charge in [-0.05, 0) is 158 Å². The molecule has 13 aromatic rings. The molecular formula is C84H65N5. The van der Waals surface area contributed by atoms with E-state index in [1.165, 1.54) is 65.5 Å². The molecule has 4 aliphatic rings. The Labute approximate surface area is 520 Å². The summed E-state index contributed by atoms with van der Waals surface area (Å²) in [7, 11) is 0. The van der Waals surface area contributed by atoms with E-state index in [-0.39, 0.29) is 11.8 Å². The molecule has 9 atom stereocenters. The van der Waals surface area contributed by atoms with E-state index in [1.54, 1.807) is 0 Å². The minimum absolute atomic E-state index is 0.192.